The van der Waals surface area contributed by atoms with Crippen LogP contribution in [0.5, 0.6) is 0 Å². The normalized spacial score (nSPS) is 11.8. The molecule has 4 rings (SSSR count). The zero-order chi connectivity index (χ0) is 22.7. The second-order valence-electron chi connectivity index (χ2n) is 9.01. The van der Waals surface area contributed by atoms with Crippen molar-refractivity contribution >= 4 is 43.8 Å². The lowest BCUT2D eigenvalue weighted by Gasteiger charge is -2.19. The average molecular weight is 494 g/mol. The van der Waals surface area contributed by atoms with Crippen LogP contribution in [-0.2, 0) is 11.2 Å². The zero-order valence-corrected chi connectivity index (χ0v) is 20.3. The smallest absolute Gasteiger partial charge is 0.407 e. The number of alkyl carbamates (subject to hydrolysis) is 1. The van der Waals surface area contributed by atoms with Crippen molar-refractivity contribution in [2.45, 2.75) is 45.6 Å². The van der Waals surface area contributed by atoms with Crippen LogP contribution in [0.15, 0.2) is 59.1 Å². The number of nitrogens with zero attached hydrogens (tertiary/aromatic N) is 1. The fraction of sp³-hybridized carbons (Fsp3) is 0.308. The van der Waals surface area contributed by atoms with Crippen molar-refractivity contribution in [1.29, 1.82) is 0 Å². The molecule has 0 unspecified atom stereocenters. The van der Waals surface area contributed by atoms with E-state index in [2.05, 4.69) is 80.8 Å². The van der Waals surface area contributed by atoms with Crippen molar-refractivity contribution < 1.29 is 9.53 Å². The van der Waals surface area contributed by atoms with Gasteiger partial charge in [-0.2, -0.15) is 0 Å². The van der Waals surface area contributed by atoms with Gasteiger partial charge in [0.05, 0.1) is 11.0 Å². The SMILES string of the molecule is CC(C)(C)OC(=O)NCCCCc1nc2ccc(-c3ccc4cc(Br)ccc4c3)cc2[nH]1. The first-order valence-electron chi connectivity index (χ1n) is 10.9. The molecule has 5 nitrogen and oxygen atoms in total. The molecule has 0 aliphatic rings. The van der Waals surface area contributed by atoms with E-state index in [0.29, 0.717) is 6.54 Å². The van der Waals surface area contributed by atoms with Gasteiger partial charge in [0.1, 0.15) is 11.4 Å². The molecule has 0 radical (unpaired) electrons. The van der Waals surface area contributed by atoms with Gasteiger partial charge in [0.25, 0.3) is 0 Å². The number of aromatic nitrogens is 2. The van der Waals surface area contributed by atoms with Crippen molar-refractivity contribution in [3.8, 4) is 11.1 Å². The molecule has 0 spiro atoms. The van der Waals surface area contributed by atoms with E-state index >= 15 is 0 Å². The molecule has 0 aliphatic heterocycles. The third-order valence-corrected chi connectivity index (χ3v) is 5.67. The summed E-state index contributed by atoms with van der Waals surface area (Å²) in [4.78, 5) is 19.9. The summed E-state index contributed by atoms with van der Waals surface area (Å²) < 4.78 is 6.34. The third kappa shape index (κ3) is 5.68. The summed E-state index contributed by atoms with van der Waals surface area (Å²) in [5, 5.41) is 5.23. The quantitative estimate of drug-likeness (QED) is 0.284. The minimum Gasteiger partial charge on any atom is -0.444 e. The van der Waals surface area contributed by atoms with Crippen LogP contribution in [0.4, 0.5) is 4.79 Å². The van der Waals surface area contributed by atoms with Crippen LogP contribution in [0, 0.1) is 0 Å². The lowest BCUT2D eigenvalue weighted by atomic mass is 10.0. The number of hydrogen-bond donors (Lipinski definition) is 2. The summed E-state index contributed by atoms with van der Waals surface area (Å²) in [6.45, 7) is 6.17. The Kier molecular flexibility index (Phi) is 6.51. The van der Waals surface area contributed by atoms with Gasteiger partial charge in [0, 0.05) is 17.4 Å². The Balaban J connectivity index is 1.37. The first kappa shape index (κ1) is 22.3. The molecule has 1 heterocycles. The van der Waals surface area contributed by atoms with E-state index in [0.717, 1.165) is 40.6 Å². The number of ether oxygens (including phenoxy) is 1. The summed E-state index contributed by atoms with van der Waals surface area (Å²) in [5.74, 6) is 0.970. The number of rotatable bonds is 6. The predicted molar refractivity (Wildman–Crippen MR) is 134 cm³/mol. The number of halogens is 1. The van der Waals surface area contributed by atoms with Crippen molar-refractivity contribution in [2.75, 3.05) is 6.54 Å². The number of unbranched alkanes of at least 4 members (excludes halogenated alkanes) is 1. The van der Waals surface area contributed by atoms with Gasteiger partial charge < -0.3 is 15.0 Å². The van der Waals surface area contributed by atoms with E-state index in [1.807, 2.05) is 20.8 Å². The van der Waals surface area contributed by atoms with Crippen LogP contribution in [0.1, 0.15) is 39.4 Å². The van der Waals surface area contributed by atoms with E-state index in [1.54, 1.807) is 0 Å². The number of benzene rings is 3. The molecule has 0 saturated carbocycles. The Labute approximate surface area is 196 Å². The molecule has 4 aromatic rings. The minimum atomic E-state index is -0.471. The number of carbonyl (C=O) groups is 1. The lowest BCUT2D eigenvalue weighted by molar-refractivity contribution is 0.0527. The van der Waals surface area contributed by atoms with Crippen molar-refractivity contribution in [2.24, 2.45) is 0 Å². The van der Waals surface area contributed by atoms with Crippen LogP contribution >= 0.6 is 15.9 Å². The fourth-order valence-electron chi connectivity index (χ4n) is 3.68. The van der Waals surface area contributed by atoms with Crippen molar-refractivity contribution in [3.63, 3.8) is 0 Å². The standard InChI is InChI=1S/C26H28BrN3O2/c1-26(2,3)32-25(31)28-13-5-4-6-24-29-22-12-10-20(16-23(22)30-24)17-7-8-19-15-21(27)11-9-18(19)14-17/h7-12,14-16H,4-6,13H2,1-3H3,(H,28,31)(H,29,30). The maximum atomic E-state index is 11.7. The third-order valence-electron chi connectivity index (χ3n) is 5.18. The monoisotopic (exact) mass is 493 g/mol. The van der Waals surface area contributed by atoms with E-state index in [4.69, 9.17) is 9.72 Å². The number of amides is 1. The van der Waals surface area contributed by atoms with Gasteiger partial charge in [-0.15, -0.1) is 0 Å². The molecule has 2 N–H and O–H groups in total. The zero-order valence-electron chi connectivity index (χ0n) is 18.7. The van der Waals surface area contributed by atoms with Gasteiger partial charge in [-0.3, -0.25) is 0 Å². The first-order valence-corrected chi connectivity index (χ1v) is 11.7. The van der Waals surface area contributed by atoms with E-state index in [9.17, 15) is 4.79 Å². The molecule has 0 bridgehead atoms. The Morgan fingerprint density at radius 3 is 2.53 bits per heavy atom. The number of hydrogen-bond acceptors (Lipinski definition) is 3. The Bertz CT molecular complexity index is 1260. The molecule has 3 aromatic carbocycles. The molecule has 166 valence electrons. The molecule has 0 saturated heterocycles. The number of aromatic amines is 1. The number of carbonyl (C=O) groups excluding carboxylic acids is 1. The van der Waals surface area contributed by atoms with Gasteiger partial charge in [-0.25, -0.2) is 9.78 Å². The number of imidazole rings is 1. The first-order chi connectivity index (χ1) is 15.3. The number of fused-ring (bicyclic) bond motifs is 2. The molecule has 6 heteroatoms. The van der Waals surface area contributed by atoms with Gasteiger partial charge in [0.2, 0.25) is 0 Å². The highest BCUT2D eigenvalue weighted by atomic mass is 79.9. The molecule has 0 aliphatic carbocycles. The summed E-state index contributed by atoms with van der Waals surface area (Å²) in [5.41, 5.74) is 3.90. The van der Waals surface area contributed by atoms with E-state index in [1.165, 1.54) is 21.9 Å². The second-order valence-corrected chi connectivity index (χ2v) is 9.92. The highest BCUT2D eigenvalue weighted by molar-refractivity contribution is 9.10. The van der Waals surface area contributed by atoms with Crippen LogP contribution < -0.4 is 5.32 Å². The number of H-pyrrole nitrogens is 1. The van der Waals surface area contributed by atoms with Gasteiger partial charge in [-0.05, 0) is 85.8 Å². The predicted octanol–water partition coefficient (Wildman–Crippen LogP) is 6.99. The number of nitrogens with one attached hydrogen (secondary N) is 2. The summed E-state index contributed by atoms with van der Waals surface area (Å²) in [6.07, 6.45) is 2.28. The summed E-state index contributed by atoms with van der Waals surface area (Å²) in [6, 6.07) is 19.2. The van der Waals surface area contributed by atoms with E-state index in [-0.39, 0.29) is 6.09 Å². The Morgan fingerprint density at radius 1 is 1.00 bits per heavy atom. The molecular formula is C26H28BrN3O2. The fourth-order valence-corrected chi connectivity index (χ4v) is 4.06. The molecule has 0 atom stereocenters. The maximum Gasteiger partial charge on any atom is 0.407 e. The molecule has 32 heavy (non-hydrogen) atoms. The van der Waals surface area contributed by atoms with Crippen LogP contribution in [0.25, 0.3) is 32.9 Å². The summed E-state index contributed by atoms with van der Waals surface area (Å²) >= 11 is 3.53. The molecule has 0 fully saturated rings. The number of aryl methyl sites for hydroxylation is 1. The van der Waals surface area contributed by atoms with E-state index < -0.39 is 5.60 Å². The maximum absolute atomic E-state index is 11.7. The molecule has 1 amide bonds. The highest BCUT2D eigenvalue weighted by Gasteiger charge is 2.15. The lowest BCUT2D eigenvalue weighted by Crippen LogP contribution is -2.33. The van der Waals surface area contributed by atoms with Crippen molar-refractivity contribution in [3.05, 3.63) is 64.9 Å². The largest absolute Gasteiger partial charge is 0.444 e. The second kappa shape index (κ2) is 9.33. The Morgan fingerprint density at radius 2 is 1.72 bits per heavy atom. The van der Waals surface area contributed by atoms with Gasteiger partial charge in [-0.1, -0.05) is 40.2 Å². The Hall–Kier alpha value is -2.86. The van der Waals surface area contributed by atoms with Crippen LogP contribution in [0.2, 0.25) is 0 Å². The molecular weight excluding hydrogens is 466 g/mol. The molecule has 1 aromatic heterocycles. The highest BCUT2D eigenvalue weighted by Crippen LogP contribution is 2.28. The van der Waals surface area contributed by atoms with Gasteiger partial charge >= 0.3 is 6.09 Å². The summed E-state index contributed by atoms with van der Waals surface area (Å²) in [7, 11) is 0. The van der Waals surface area contributed by atoms with Crippen LogP contribution in [-0.4, -0.2) is 28.2 Å². The average Bonchev–Trinajstić information content (AvgIpc) is 3.13. The topological polar surface area (TPSA) is 67.0 Å². The minimum absolute atomic E-state index is 0.366. The van der Waals surface area contributed by atoms with Crippen molar-refractivity contribution in [1.82, 2.24) is 15.3 Å². The van der Waals surface area contributed by atoms with Gasteiger partial charge in [0.15, 0.2) is 0 Å². The van der Waals surface area contributed by atoms with Crippen LogP contribution in [0.3, 0.4) is 0 Å².